The molecule has 2 aromatic rings. The second-order valence-electron chi connectivity index (χ2n) is 3.34. The maximum absolute atomic E-state index is 6.05. The van der Waals surface area contributed by atoms with Gasteiger partial charge in [0.1, 0.15) is 11.8 Å². The van der Waals surface area contributed by atoms with Crippen molar-refractivity contribution >= 4 is 22.9 Å². The molecule has 0 aromatic carbocycles. The number of furan rings is 1. The van der Waals surface area contributed by atoms with Crippen molar-refractivity contribution in [3.8, 4) is 0 Å². The van der Waals surface area contributed by atoms with Gasteiger partial charge >= 0.3 is 0 Å². The van der Waals surface area contributed by atoms with E-state index < -0.39 is 0 Å². The Kier molecular flexibility index (Phi) is 3.14. The topological polar surface area (TPSA) is 25.2 Å². The Morgan fingerprint density at radius 2 is 2.33 bits per heavy atom. The van der Waals surface area contributed by atoms with Crippen LogP contribution in [-0.2, 0) is 0 Å². The summed E-state index contributed by atoms with van der Waals surface area (Å²) in [6.45, 7) is 2.01. The average Bonchev–Trinajstić information content (AvgIpc) is 2.80. The molecule has 0 radical (unpaired) electrons. The van der Waals surface area contributed by atoms with Crippen LogP contribution in [0, 0.1) is 6.92 Å². The van der Waals surface area contributed by atoms with Gasteiger partial charge in [0.2, 0.25) is 0 Å². The van der Waals surface area contributed by atoms with E-state index >= 15 is 0 Å². The number of halogens is 1. The molecule has 80 valence electrons. The average molecular weight is 242 g/mol. The first-order chi connectivity index (χ1) is 7.22. The zero-order chi connectivity index (χ0) is 10.8. The lowest BCUT2D eigenvalue weighted by molar-refractivity contribution is 0.466. The normalized spacial score (nSPS) is 13.0. The van der Waals surface area contributed by atoms with E-state index in [0.717, 1.165) is 15.7 Å². The molecule has 2 rings (SSSR count). The van der Waals surface area contributed by atoms with Crippen LogP contribution < -0.4 is 5.32 Å². The molecule has 0 aliphatic rings. The summed E-state index contributed by atoms with van der Waals surface area (Å²) >= 11 is 7.64. The first kappa shape index (κ1) is 10.7. The number of hydrogen-bond donors (Lipinski definition) is 1. The third-order valence-electron chi connectivity index (χ3n) is 2.28. The maximum Gasteiger partial charge on any atom is 0.126 e. The predicted octanol–water partition coefficient (Wildman–Crippen LogP) is 3.61. The van der Waals surface area contributed by atoms with Gasteiger partial charge in [-0.1, -0.05) is 11.6 Å². The number of aryl methyl sites for hydroxylation is 1. The van der Waals surface area contributed by atoms with E-state index in [2.05, 4.69) is 11.4 Å². The molecule has 0 saturated carbocycles. The van der Waals surface area contributed by atoms with Gasteiger partial charge in [-0.05, 0) is 37.7 Å². The van der Waals surface area contributed by atoms with Crippen molar-refractivity contribution in [2.75, 3.05) is 7.05 Å². The Hall–Kier alpha value is -0.770. The molecule has 0 spiro atoms. The zero-order valence-corrected chi connectivity index (χ0v) is 10.2. The zero-order valence-electron chi connectivity index (χ0n) is 8.58. The van der Waals surface area contributed by atoms with Gasteiger partial charge in [-0.25, -0.2) is 0 Å². The Labute approximate surface area is 97.9 Å². The minimum absolute atomic E-state index is 0.0937. The highest BCUT2D eigenvalue weighted by atomic mass is 35.5. The summed E-state index contributed by atoms with van der Waals surface area (Å²) in [7, 11) is 1.91. The molecule has 0 aliphatic heterocycles. The summed E-state index contributed by atoms with van der Waals surface area (Å²) in [6, 6.07) is 6.04. The fraction of sp³-hybridized carbons (Fsp3) is 0.273. The van der Waals surface area contributed by atoms with Gasteiger partial charge < -0.3 is 9.73 Å². The third kappa shape index (κ3) is 2.09. The van der Waals surface area contributed by atoms with Gasteiger partial charge in [0.15, 0.2) is 0 Å². The molecule has 0 aliphatic carbocycles. The molecular formula is C11H12ClNOS. The Bertz CT molecular complexity index is 416. The van der Waals surface area contributed by atoms with Crippen LogP contribution in [0.5, 0.6) is 0 Å². The van der Waals surface area contributed by atoms with E-state index in [9.17, 15) is 0 Å². The number of hydrogen-bond acceptors (Lipinski definition) is 3. The Morgan fingerprint density at radius 3 is 2.80 bits per heavy atom. The highest BCUT2D eigenvalue weighted by Gasteiger charge is 2.17. The van der Waals surface area contributed by atoms with Crippen LogP contribution in [0.1, 0.15) is 22.2 Å². The number of rotatable bonds is 3. The fourth-order valence-corrected chi connectivity index (χ4v) is 2.84. The van der Waals surface area contributed by atoms with Crippen molar-refractivity contribution in [1.29, 1.82) is 0 Å². The van der Waals surface area contributed by atoms with E-state index in [1.807, 2.05) is 26.1 Å². The maximum atomic E-state index is 6.05. The van der Waals surface area contributed by atoms with Gasteiger partial charge in [-0.15, -0.1) is 11.3 Å². The molecule has 2 heterocycles. The van der Waals surface area contributed by atoms with Crippen LogP contribution in [0.4, 0.5) is 0 Å². The van der Waals surface area contributed by atoms with E-state index in [1.54, 1.807) is 17.6 Å². The summed E-state index contributed by atoms with van der Waals surface area (Å²) < 4.78 is 6.24. The lowest BCUT2D eigenvalue weighted by Gasteiger charge is -2.10. The lowest BCUT2D eigenvalue weighted by Crippen LogP contribution is -2.15. The molecule has 0 fully saturated rings. The standard InChI is InChI=1S/C11H12ClNOS/c1-7-6-9(15-11(7)12)10(13-2)8-4-3-5-14-8/h3-6,10,13H,1-2H3. The third-order valence-corrected chi connectivity index (χ3v) is 3.90. The largest absolute Gasteiger partial charge is 0.467 e. The van der Waals surface area contributed by atoms with E-state index in [-0.39, 0.29) is 6.04 Å². The highest BCUT2D eigenvalue weighted by Crippen LogP contribution is 2.33. The summed E-state index contributed by atoms with van der Waals surface area (Å²) in [5.41, 5.74) is 1.11. The van der Waals surface area contributed by atoms with Gasteiger partial charge in [-0.2, -0.15) is 0 Å². The minimum atomic E-state index is 0.0937. The first-order valence-corrected chi connectivity index (χ1v) is 5.88. The lowest BCUT2D eigenvalue weighted by atomic mass is 10.2. The predicted molar refractivity (Wildman–Crippen MR) is 63.7 cm³/mol. The summed E-state index contributed by atoms with van der Waals surface area (Å²) in [5.74, 6) is 0.912. The SMILES string of the molecule is CNC(c1ccco1)c1cc(C)c(Cl)s1. The van der Waals surface area contributed by atoms with Crippen molar-refractivity contribution in [3.05, 3.63) is 45.0 Å². The summed E-state index contributed by atoms with van der Waals surface area (Å²) in [4.78, 5) is 1.18. The second kappa shape index (κ2) is 4.39. The number of nitrogens with one attached hydrogen (secondary N) is 1. The van der Waals surface area contributed by atoms with Gasteiger partial charge in [0, 0.05) is 4.88 Å². The van der Waals surface area contributed by atoms with Gasteiger partial charge in [-0.3, -0.25) is 0 Å². The number of thiophene rings is 1. The van der Waals surface area contributed by atoms with E-state index in [4.69, 9.17) is 16.0 Å². The van der Waals surface area contributed by atoms with Crippen LogP contribution in [0.3, 0.4) is 0 Å². The first-order valence-electron chi connectivity index (χ1n) is 4.69. The molecule has 2 nitrogen and oxygen atoms in total. The van der Waals surface area contributed by atoms with Gasteiger partial charge in [0.05, 0.1) is 10.6 Å². The monoisotopic (exact) mass is 241 g/mol. The molecule has 1 N–H and O–H groups in total. The van der Waals surface area contributed by atoms with Crippen molar-refractivity contribution in [2.45, 2.75) is 13.0 Å². The van der Waals surface area contributed by atoms with Crippen LogP contribution in [0.15, 0.2) is 28.9 Å². The molecule has 15 heavy (non-hydrogen) atoms. The van der Waals surface area contributed by atoms with Crippen LogP contribution in [0.25, 0.3) is 0 Å². The summed E-state index contributed by atoms with van der Waals surface area (Å²) in [6.07, 6.45) is 1.68. The molecule has 0 saturated heterocycles. The van der Waals surface area contributed by atoms with Crippen molar-refractivity contribution in [2.24, 2.45) is 0 Å². The summed E-state index contributed by atoms with van der Waals surface area (Å²) in [5, 5.41) is 3.22. The van der Waals surface area contributed by atoms with E-state index in [1.165, 1.54) is 4.88 Å². The van der Waals surface area contributed by atoms with Crippen molar-refractivity contribution < 1.29 is 4.42 Å². The Morgan fingerprint density at radius 1 is 1.53 bits per heavy atom. The van der Waals surface area contributed by atoms with E-state index in [0.29, 0.717) is 0 Å². The molecular weight excluding hydrogens is 230 g/mol. The minimum Gasteiger partial charge on any atom is -0.467 e. The molecule has 4 heteroatoms. The smallest absolute Gasteiger partial charge is 0.126 e. The molecule has 0 amide bonds. The fourth-order valence-electron chi connectivity index (χ4n) is 1.51. The second-order valence-corrected chi connectivity index (χ2v) is 5.03. The quantitative estimate of drug-likeness (QED) is 0.888. The molecule has 2 aromatic heterocycles. The van der Waals surface area contributed by atoms with Crippen LogP contribution in [-0.4, -0.2) is 7.05 Å². The van der Waals surface area contributed by atoms with Crippen molar-refractivity contribution in [1.82, 2.24) is 5.32 Å². The Balaban J connectivity index is 2.35. The molecule has 1 atom stereocenters. The molecule has 0 bridgehead atoms. The van der Waals surface area contributed by atoms with Crippen LogP contribution >= 0.6 is 22.9 Å². The highest BCUT2D eigenvalue weighted by molar-refractivity contribution is 7.16. The van der Waals surface area contributed by atoms with Crippen LogP contribution in [0.2, 0.25) is 4.34 Å². The molecule has 1 unspecified atom stereocenters. The van der Waals surface area contributed by atoms with Crippen molar-refractivity contribution in [3.63, 3.8) is 0 Å². The van der Waals surface area contributed by atoms with Gasteiger partial charge in [0.25, 0.3) is 0 Å².